The molecule has 2 atom stereocenters. The lowest BCUT2D eigenvalue weighted by atomic mass is 10.1. The maximum atomic E-state index is 12.5. The number of fused-ring (bicyclic) bond motifs is 2. The van der Waals surface area contributed by atoms with Crippen LogP contribution in [0.3, 0.4) is 0 Å². The summed E-state index contributed by atoms with van der Waals surface area (Å²) in [5.41, 5.74) is 5.90. The van der Waals surface area contributed by atoms with E-state index in [1.54, 1.807) is 10.4 Å². The lowest BCUT2D eigenvalue weighted by Crippen LogP contribution is -2.37. The second kappa shape index (κ2) is 4.50. The molecular formula is C12H15N3O2S2. The van der Waals surface area contributed by atoms with E-state index in [1.165, 1.54) is 12.3 Å². The van der Waals surface area contributed by atoms with Gasteiger partial charge in [0.05, 0.1) is 5.69 Å². The van der Waals surface area contributed by atoms with Crippen molar-refractivity contribution < 1.29 is 8.42 Å². The summed E-state index contributed by atoms with van der Waals surface area (Å²) in [6, 6.07) is 3.26. The molecule has 1 aromatic rings. The van der Waals surface area contributed by atoms with Crippen molar-refractivity contribution >= 4 is 27.2 Å². The molecule has 1 saturated heterocycles. The number of nitrogens with zero attached hydrogens (tertiary/aromatic N) is 2. The number of aromatic nitrogens is 1. The van der Waals surface area contributed by atoms with Crippen LogP contribution in [-0.2, 0) is 10.0 Å². The molecule has 2 fully saturated rings. The highest BCUT2D eigenvalue weighted by Crippen LogP contribution is 2.40. The maximum Gasteiger partial charge on any atom is 0.244 e. The summed E-state index contributed by atoms with van der Waals surface area (Å²) in [7, 11) is -3.43. The highest BCUT2D eigenvalue weighted by Gasteiger charge is 2.44. The smallest absolute Gasteiger partial charge is 0.244 e. The third-order valence-corrected chi connectivity index (χ3v) is 6.07. The number of thiocarbonyl (C=S) groups is 1. The molecule has 1 aliphatic heterocycles. The van der Waals surface area contributed by atoms with Gasteiger partial charge in [0.25, 0.3) is 0 Å². The van der Waals surface area contributed by atoms with Crippen LogP contribution in [0.4, 0.5) is 0 Å². The summed E-state index contributed by atoms with van der Waals surface area (Å²) in [5.74, 6) is 0.531. The van der Waals surface area contributed by atoms with Gasteiger partial charge >= 0.3 is 0 Å². The molecule has 19 heavy (non-hydrogen) atoms. The van der Waals surface area contributed by atoms with Crippen LogP contribution >= 0.6 is 12.2 Å². The van der Waals surface area contributed by atoms with E-state index in [2.05, 4.69) is 4.98 Å². The van der Waals surface area contributed by atoms with Crippen molar-refractivity contribution in [3.8, 4) is 0 Å². The minimum absolute atomic E-state index is 0.171. The Labute approximate surface area is 117 Å². The first-order valence-corrected chi connectivity index (χ1v) is 8.11. The number of sulfonamides is 1. The third kappa shape index (κ3) is 2.15. The molecule has 1 aromatic heterocycles. The third-order valence-electron chi connectivity index (χ3n) is 3.95. The lowest BCUT2D eigenvalue weighted by Gasteiger charge is -2.25. The van der Waals surface area contributed by atoms with Crippen LogP contribution < -0.4 is 5.73 Å². The van der Waals surface area contributed by atoms with E-state index in [0.717, 1.165) is 19.3 Å². The molecule has 0 amide bonds. The maximum absolute atomic E-state index is 12.5. The topological polar surface area (TPSA) is 76.3 Å². The monoisotopic (exact) mass is 297 g/mol. The Bertz CT molecular complexity index is 612. The fourth-order valence-corrected chi connectivity index (χ4v) is 4.80. The molecule has 0 spiro atoms. The standard InChI is InChI=1S/C12H15N3O2S2/c13-12(18)11-4-3-10(6-14-11)19(16,17)15-7-8-1-2-9(15)5-8/h3-4,6,8-9H,1-2,5,7H2,(H2,13,18). The molecule has 2 unspecified atom stereocenters. The van der Waals surface area contributed by atoms with Crippen LogP contribution in [0.5, 0.6) is 0 Å². The van der Waals surface area contributed by atoms with Gasteiger partial charge in [-0.25, -0.2) is 8.42 Å². The minimum Gasteiger partial charge on any atom is -0.388 e. The minimum atomic E-state index is -3.43. The Morgan fingerprint density at radius 1 is 1.42 bits per heavy atom. The number of piperidine rings is 1. The van der Waals surface area contributed by atoms with Crippen molar-refractivity contribution in [1.29, 1.82) is 0 Å². The SMILES string of the molecule is NC(=S)c1ccc(S(=O)(=O)N2CC3CCC2C3)cn1. The van der Waals surface area contributed by atoms with Gasteiger partial charge in [-0.3, -0.25) is 4.98 Å². The summed E-state index contributed by atoms with van der Waals surface area (Å²) in [6.07, 6.45) is 4.46. The number of rotatable bonds is 3. The first-order chi connectivity index (χ1) is 8.98. The van der Waals surface area contributed by atoms with Crippen LogP contribution in [0.25, 0.3) is 0 Å². The van der Waals surface area contributed by atoms with Gasteiger partial charge in [0.2, 0.25) is 10.0 Å². The predicted molar refractivity (Wildman–Crippen MR) is 75.1 cm³/mol. The zero-order chi connectivity index (χ0) is 13.6. The van der Waals surface area contributed by atoms with E-state index in [1.807, 2.05) is 0 Å². The van der Waals surface area contributed by atoms with Crippen LogP contribution in [0, 0.1) is 5.92 Å². The molecular weight excluding hydrogens is 282 g/mol. The molecule has 1 aliphatic carbocycles. The van der Waals surface area contributed by atoms with Gasteiger partial charge in [0.15, 0.2) is 0 Å². The van der Waals surface area contributed by atoms with E-state index < -0.39 is 10.0 Å². The van der Waals surface area contributed by atoms with Crippen LogP contribution in [0.15, 0.2) is 23.2 Å². The highest BCUT2D eigenvalue weighted by molar-refractivity contribution is 7.89. The molecule has 0 aromatic carbocycles. The van der Waals surface area contributed by atoms with Gasteiger partial charge in [0, 0.05) is 18.8 Å². The van der Waals surface area contributed by atoms with Gasteiger partial charge in [0.1, 0.15) is 9.88 Å². The molecule has 102 valence electrons. The zero-order valence-electron chi connectivity index (χ0n) is 10.3. The van der Waals surface area contributed by atoms with Gasteiger partial charge in [-0.2, -0.15) is 4.31 Å². The predicted octanol–water partition coefficient (Wildman–Crippen LogP) is 0.889. The number of hydrogen-bond acceptors (Lipinski definition) is 4. The van der Waals surface area contributed by atoms with Crippen LogP contribution in [-0.4, -0.2) is 35.3 Å². The summed E-state index contributed by atoms with van der Waals surface area (Å²) >= 11 is 4.80. The van der Waals surface area contributed by atoms with Crippen molar-refractivity contribution in [3.63, 3.8) is 0 Å². The van der Waals surface area contributed by atoms with E-state index >= 15 is 0 Å². The summed E-state index contributed by atoms with van der Waals surface area (Å²) in [5, 5.41) is 0. The first kappa shape index (κ1) is 13.0. The lowest BCUT2D eigenvalue weighted by molar-refractivity contribution is 0.333. The molecule has 5 nitrogen and oxygen atoms in total. The van der Waals surface area contributed by atoms with Gasteiger partial charge < -0.3 is 5.73 Å². The Kier molecular flexibility index (Phi) is 3.07. The van der Waals surface area contributed by atoms with Gasteiger partial charge in [-0.15, -0.1) is 0 Å². The molecule has 2 aliphatic rings. The number of nitrogens with two attached hydrogens (primary N) is 1. The average molecular weight is 297 g/mol. The van der Waals surface area contributed by atoms with Gasteiger partial charge in [-0.05, 0) is 37.3 Å². The zero-order valence-corrected chi connectivity index (χ0v) is 12.0. The van der Waals surface area contributed by atoms with Crippen molar-refractivity contribution in [2.75, 3.05) is 6.54 Å². The first-order valence-electron chi connectivity index (χ1n) is 6.26. The molecule has 7 heteroatoms. The Morgan fingerprint density at radius 3 is 2.68 bits per heavy atom. The van der Waals surface area contributed by atoms with Crippen LogP contribution in [0.1, 0.15) is 25.0 Å². The molecule has 3 rings (SSSR count). The van der Waals surface area contributed by atoms with E-state index in [-0.39, 0.29) is 15.9 Å². The summed E-state index contributed by atoms with van der Waals surface area (Å²) in [4.78, 5) is 4.40. The molecule has 1 saturated carbocycles. The van der Waals surface area contributed by atoms with Gasteiger partial charge in [-0.1, -0.05) is 12.2 Å². The van der Waals surface area contributed by atoms with Crippen molar-refractivity contribution in [1.82, 2.24) is 9.29 Å². The number of pyridine rings is 1. The quantitative estimate of drug-likeness (QED) is 0.839. The van der Waals surface area contributed by atoms with E-state index in [4.69, 9.17) is 18.0 Å². The Balaban J connectivity index is 1.90. The van der Waals surface area contributed by atoms with E-state index in [0.29, 0.717) is 18.2 Å². The second-order valence-corrected chi connectivity index (χ2v) is 7.48. The molecule has 0 radical (unpaired) electrons. The Morgan fingerprint density at radius 2 is 2.21 bits per heavy atom. The second-order valence-electron chi connectivity index (χ2n) is 5.15. The average Bonchev–Trinajstić information content (AvgIpc) is 3.01. The van der Waals surface area contributed by atoms with E-state index in [9.17, 15) is 8.42 Å². The summed E-state index contributed by atoms with van der Waals surface area (Å²) < 4.78 is 26.7. The normalized spacial score (nSPS) is 26.7. The molecule has 2 N–H and O–H groups in total. The number of hydrogen-bond donors (Lipinski definition) is 1. The highest BCUT2D eigenvalue weighted by atomic mass is 32.2. The van der Waals surface area contributed by atoms with Crippen molar-refractivity contribution in [2.45, 2.75) is 30.2 Å². The van der Waals surface area contributed by atoms with Crippen molar-refractivity contribution in [2.24, 2.45) is 11.7 Å². The fourth-order valence-electron chi connectivity index (χ4n) is 2.99. The van der Waals surface area contributed by atoms with Crippen molar-refractivity contribution in [3.05, 3.63) is 24.0 Å². The van der Waals surface area contributed by atoms with Crippen LogP contribution in [0.2, 0.25) is 0 Å². The fraction of sp³-hybridized carbons (Fsp3) is 0.500. The molecule has 2 heterocycles. The molecule has 2 bridgehead atoms. The Hall–Kier alpha value is -1.05. The summed E-state index contributed by atoms with van der Waals surface area (Å²) in [6.45, 7) is 0.643. The largest absolute Gasteiger partial charge is 0.388 e.